The van der Waals surface area contributed by atoms with Crippen molar-refractivity contribution in [3.05, 3.63) is 58.6 Å². The van der Waals surface area contributed by atoms with E-state index in [2.05, 4.69) is 10.6 Å². The second kappa shape index (κ2) is 5.66. The van der Waals surface area contributed by atoms with Crippen LogP contribution in [-0.2, 0) is 6.42 Å². The molecule has 2 aromatic rings. The van der Waals surface area contributed by atoms with Crippen LogP contribution in [0.25, 0.3) is 0 Å². The lowest BCUT2D eigenvalue weighted by molar-refractivity contribution is 0.248. The van der Waals surface area contributed by atoms with Gasteiger partial charge in [-0.15, -0.1) is 0 Å². The highest BCUT2D eigenvalue weighted by atomic mass is 35.5. The predicted octanol–water partition coefficient (Wildman–Crippen LogP) is 3.73. The number of nitrogens with one attached hydrogen (secondary N) is 2. The summed E-state index contributed by atoms with van der Waals surface area (Å²) in [5.41, 5.74) is 9.62. The first-order valence-corrected chi connectivity index (χ1v) is 7.21. The fraction of sp³-hybridized carbons (Fsp3) is 0.188. The van der Waals surface area contributed by atoms with E-state index >= 15 is 0 Å². The van der Waals surface area contributed by atoms with Crippen molar-refractivity contribution in [2.75, 3.05) is 11.1 Å². The highest BCUT2D eigenvalue weighted by Gasteiger charge is 2.23. The van der Waals surface area contributed by atoms with Gasteiger partial charge in [0, 0.05) is 16.4 Å². The number of amides is 2. The molecule has 2 aromatic carbocycles. The Balaban J connectivity index is 1.65. The number of halogens is 1. The normalized spacial score (nSPS) is 16.3. The van der Waals surface area contributed by atoms with Crippen LogP contribution >= 0.6 is 11.6 Å². The molecule has 3 rings (SSSR count). The number of rotatable bonds is 2. The molecule has 0 spiro atoms. The number of hydrogen-bond donors (Lipinski definition) is 3. The van der Waals surface area contributed by atoms with Crippen molar-refractivity contribution >= 4 is 29.0 Å². The molecule has 2 amide bonds. The molecule has 1 aliphatic carbocycles. The third-order valence-corrected chi connectivity index (χ3v) is 3.90. The minimum absolute atomic E-state index is 0.0351. The summed E-state index contributed by atoms with van der Waals surface area (Å²) < 4.78 is 0. The predicted molar refractivity (Wildman–Crippen MR) is 85.5 cm³/mol. The van der Waals surface area contributed by atoms with E-state index < -0.39 is 0 Å². The summed E-state index contributed by atoms with van der Waals surface area (Å²) in [6, 6.07) is 12.7. The van der Waals surface area contributed by atoms with Crippen LogP contribution in [0.5, 0.6) is 0 Å². The molecule has 0 radical (unpaired) electrons. The summed E-state index contributed by atoms with van der Waals surface area (Å²) in [5.74, 6) is 0. The Kier molecular flexibility index (Phi) is 3.71. The monoisotopic (exact) mass is 301 g/mol. The quantitative estimate of drug-likeness (QED) is 0.740. The van der Waals surface area contributed by atoms with Gasteiger partial charge in [0.2, 0.25) is 0 Å². The van der Waals surface area contributed by atoms with Gasteiger partial charge in [0.25, 0.3) is 0 Å². The fourth-order valence-corrected chi connectivity index (χ4v) is 2.77. The van der Waals surface area contributed by atoms with Crippen molar-refractivity contribution in [2.45, 2.75) is 18.9 Å². The maximum Gasteiger partial charge on any atom is 0.319 e. The van der Waals surface area contributed by atoms with E-state index in [1.807, 2.05) is 18.2 Å². The average Bonchev–Trinajstić information content (AvgIpc) is 2.83. The number of benzene rings is 2. The number of carbonyl (C=O) groups is 1. The maximum atomic E-state index is 12.1. The molecule has 0 saturated heterocycles. The molecular weight excluding hydrogens is 286 g/mol. The minimum atomic E-state index is -0.216. The zero-order chi connectivity index (χ0) is 14.8. The third kappa shape index (κ3) is 3.11. The molecular formula is C16H16ClN3O. The molecule has 0 aromatic heterocycles. The van der Waals surface area contributed by atoms with Crippen molar-refractivity contribution < 1.29 is 4.79 Å². The van der Waals surface area contributed by atoms with Crippen LogP contribution in [-0.4, -0.2) is 6.03 Å². The zero-order valence-electron chi connectivity index (χ0n) is 11.4. The Labute approximate surface area is 128 Å². The fourth-order valence-electron chi connectivity index (χ4n) is 2.65. The highest BCUT2D eigenvalue weighted by molar-refractivity contribution is 6.30. The van der Waals surface area contributed by atoms with Gasteiger partial charge < -0.3 is 16.4 Å². The first-order chi connectivity index (χ1) is 10.1. The van der Waals surface area contributed by atoms with Gasteiger partial charge in [0.1, 0.15) is 0 Å². The van der Waals surface area contributed by atoms with E-state index in [0.29, 0.717) is 10.7 Å². The molecule has 0 saturated carbocycles. The summed E-state index contributed by atoms with van der Waals surface area (Å²) >= 11 is 5.82. The topological polar surface area (TPSA) is 67.1 Å². The van der Waals surface area contributed by atoms with Crippen LogP contribution in [0, 0.1) is 0 Å². The van der Waals surface area contributed by atoms with Gasteiger partial charge in [-0.3, -0.25) is 0 Å². The summed E-state index contributed by atoms with van der Waals surface area (Å²) in [5, 5.41) is 6.44. The number of nitrogen functional groups attached to an aromatic ring is 1. The molecule has 0 aliphatic heterocycles. The van der Waals surface area contributed by atoms with Gasteiger partial charge in [-0.1, -0.05) is 17.7 Å². The highest BCUT2D eigenvalue weighted by Crippen LogP contribution is 2.32. The van der Waals surface area contributed by atoms with E-state index in [-0.39, 0.29) is 12.1 Å². The molecule has 5 heteroatoms. The molecule has 0 fully saturated rings. The van der Waals surface area contributed by atoms with Crippen LogP contribution < -0.4 is 16.4 Å². The van der Waals surface area contributed by atoms with E-state index in [1.165, 1.54) is 5.56 Å². The summed E-state index contributed by atoms with van der Waals surface area (Å²) in [6.07, 6.45) is 1.83. The molecule has 1 unspecified atom stereocenters. The van der Waals surface area contributed by atoms with Crippen LogP contribution in [0.15, 0.2) is 42.5 Å². The lowest BCUT2D eigenvalue weighted by Gasteiger charge is -2.15. The number of urea groups is 1. The molecule has 108 valence electrons. The van der Waals surface area contributed by atoms with Crippen molar-refractivity contribution in [1.82, 2.24) is 5.32 Å². The number of nitrogens with two attached hydrogens (primary N) is 1. The van der Waals surface area contributed by atoms with Gasteiger partial charge in [-0.2, -0.15) is 0 Å². The van der Waals surface area contributed by atoms with Gasteiger partial charge in [-0.05, 0) is 60.4 Å². The standard InChI is InChI=1S/C16H16ClN3O/c17-11-2-5-13(6-3-11)19-16(21)20-15-8-1-10-9-12(18)4-7-14(10)15/h2-7,9,15H,1,8,18H2,(H2,19,20,21). The van der Waals surface area contributed by atoms with Crippen LogP contribution in [0.2, 0.25) is 5.02 Å². The Morgan fingerprint density at radius 2 is 1.95 bits per heavy atom. The zero-order valence-corrected chi connectivity index (χ0v) is 12.2. The number of aryl methyl sites for hydroxylation is 1. The summed E-state index contributed by atoms with van der Waals surface area (Å²) in [7, 11) is 0. The van der Waals surface area contributed by atoms with Crippen LogP contribution in [0.1, 0.15) is 23.6 Å². The first-order valence-electron chi connectivity index (χ1n) is 6.83. The third-order valence-electron chi connectivity index (χ3n) is 3.65. The Morgan fingerprint density at radius 1 is 1.19 bits per heavy atom. The van der Waals surface area contributed by atoms with Gasteiger partial charge in [-0.25, -0.2) is 4.79 Å². The van der Waals surface area contributed by atoms with E-state index in [1.54, 1.807) is 24.3 Å². The lowest BCUT2D eigenvalue weighted by Crippen LogP contribution is -2.31. The van der Waals surface area contributed by atoms with Crippen molar-refractivity contribution in [3.63, 3.8) is 0 Å². The summed E-state index contributed by atoms with van der Waals surface area (Å²) in [6.45, 7) is 0. The van der Waals surface area contributed by atoms with Gasteiger partial charge >= 0.3 is 6.03 Å². The Morgan fingerprint density at radius 3 is 2.71 bits per heavy atom. The lowest BCUT2D eigenvalue weighted by atomic mass is 10.1. The number of hydrogen-bond acceptors (Lipinski definition) is 2. The van der Waals surface area contributed by atoms with Crippen molar-refractivity contribution in [2.24, 2.45) is 0 Å². The van der Waals surface area contributed by atoms with Crippen LogP contribution in [0.4, 0.5) is 16.2 Å². The average molecular weight is 302 g/mol. The first kappa shape index (κ1) is 13.8. The maximum absolute atomic E-state index is 12.1. The second-order valence-electron chi connectivity index (χ2n) is 5.15. The smallest absolute Gasteiger partial charge is 0.319 e. The number of carbonyl (C=O) groups excluding carboxylic acids is 1. The Bertz CT molecular complexity index is 670. The Hall–Kier alpha value is -2.20. The second-order valence-corrected chi connectivity index (χ2v) is 5.59. The number of anilines is 2. The van der Waals surface area contributed by atoms with E-state index in [9.17, 15) is 4.79 Å². The van der Waals surface area contributed by atoms with Crippen molar-refractivity contribution in [3.8, 4) is 0 Å². The summed E-state index contributed by atoms with van der Waals surface area (Å²) in [4.78, 5) is 12.1. The SMILES string of the molecule is Nc1ccc2c(c1)CCC2NC(=O)Nc1ccc(Cl)cc1. The minimum Gasteiger partial charge on any atom is -0.399 e. The van der Waals surface area contributed by atoms with Gasteiger partial charge in [0.15, 0.2) is 0 Å². The molecule has 0 bridgehead atoms. The molecule has 1 aliphatic rings. The van der Waals surface area contributed by atoms with E-state index in [4.69, 9.17) is 17.3 Å². The van der Waals surface area contributed by atoms with Gasteiger partial charge in [0.05, 0.1) is 6.04 Å². The molecule has 0 heterocycles. The van der Waals surface area contributed by atoms with E-state index in [0.717, 1.165) is 24.1 Å². The largest absolute Gasteiger partial charge is 0.399 e. The molecule has 21 heavy (non-hydrogen) atoms. The number of fused-ring (bicyclic) bond motifs is 1. The molecule has 4 N–H and O–H groups in total. The van der Waals surface area contributed by atoms with Crippen molar-refractivity contribution in [1.29, 1.82) is 0 Å². The molecule has 1 atom stereocenters. The molecule has 4 nitrogen and oxygen atoms in total. The van der Waals surface area contributed by atoms with Crippen LogP contribution in [0.3, 0.4) is 0 Å².